The van der Waals surface area contributed by atoms with Crippen molar-refractivity contribution < 1.29 is 157 Å². The van der Waals surface area contributed by atoms with E-state index in [2.05, 4.69) is 42.5 Å². The minimum absolute atomic E-state index is 0.0325. The van der Waals surface area contributed by atoms with Gasteiger partial charge in [0.1, 0.15) is 150 Å². The van der Waals surface area contributed by atoms with Crippen LogP contribution in [-0.2, 0) is 74.9 Å². The molecule has 17 bridgehead atoms. The predicted octanol–water partition coefficient (Wildman–Crippen LogP) is 1.71. The van der Waals surface area contributed by atoms with Gasteiger partial charge in [-0.1, -0.05) is 89.9 Å². The second-order valence-electron chi connectivity index (χ2n) is 33.0. The molecule has 23 atom stereocenters. The van der Waals surface area contributed by atoms with Crippen LogP contribution < -0.4 is 72.0 Å². The number of hydrogen-bond donors (Lipinski definition) is 23. The zero-order valence-electron chi connectivity index (χ0n) is 70.4. The summed E-state index contributed by atoms with van der Waals surface area (Å²) in [6, 6.07) is 15.2. The highest BCUT2D eigenvalue weighted by Crippen LogP contribution is 2.51. The highest BCUT2D eigenvalue weighted by atomic mass is 127. The Bertz CT molecular complexity index is 6160. The molecule has 9 aliphatic heterocycles. The number of aliphatic hydroxyl groups excluding tert-OH is 10. The molecular weight excluding hydrogens is 1930 g/mol. The van der Waals surface area contributed by atoms with Crippen LogP contribution in [0.15, 0.2) is 158 Å². The molecule has 24 N–H and O–H groups in total. The number of nitrogens with two attached hydrogens (primary N) is 1. The van der Waals surface area contributed by atoms with Crippen LogP contribution in [0.5, 0.6) is 63.2 Å². The Hall–Kier alpha value is -12.4. The number of hydrogen-bond acceptors (Lipinski definition) is 32. The zero-order valence-corrected chi connectivity index (χ0v) is 74.0. The number of carbonyl (C=O) groups is 9. The lowest BCUT2D eigenvalue weighted by Gasteiger charge is -2.44. The van der Waals surface area contributed by atoms with E-state index in [0.717, 1.165) is 84.4 Å². The van der Waals surface area contributed by atoms with Crippen molar-refractivity contribution in [3.8, 4) is 74.4 Å². The Morgan fingerprint density at radius 3 is 1.73 bits per heavy atom. The van der Waals surface area contributed by atoms with Crippen molar-refractivity contribution in [2.24, 2.45) is 5.73 Å². The number of benzene rings is 9. The monoisotopic (exact) mass is 2020 g/mol. The molecule has 9 aromatic carbocycles. The largest absolute Gasteiger partial charge is 0.508 e. The highest BCUT2D eigenvalue weighted by molar-refractivity contribution is 14.1. The Balaban J connectivity index is 0.943. The van der Waals surface area contributed by atoms with Crippen LogP contribution >= 0.6 is 45.8 Å². The van der Waals surface area contributed by atoms with E-state index in [1.54, 1.807) is 22.6 Å². The van der Waals surface area contributed by atoms with Crippen LogP contribution in [0, 0.1) is 3.57 Å². The molecule has 135 heavy (non-hydrogen) atoms. The SMILES string of the molecule is CC(=O)N[C@H]1C(O)[C@H](O)C(CO)O[C@H]1O[C@@H]1c2ccc(c(Cl)c2)Oc2cc3cc(c2O[C@@H]2OC(CO)[C@@H](O)[C@H](O)C2NC(=O)CCc2ccc4ccccc4c2)Oc2ccc(cc2Cl)C[C@H]2NC(=O)[C@H](N)c4ccc(O)c(c4)Oc4cc(O)cc(c4)[C@H](NC2=O)C(=O)N[C@H]3C(=O)N[C@H]2C(=O)N[C@@H]1C(=O)N[C@H](C(=O)O)c1cc(O)cc(O[C@H]3OC(CO)[C@@H](O)[C@@H](O)C3O)c1-c1cc2ccc1I. The lowest BCUT2D eigenvalue weighted by Crippen LogP contribution is -2.65. The third kappa shape index (κ3) is 20.0. The Morgan fingerprint density at radius 1 is 0.504 bits per heavy atom. The van der Waals surface area contributed by atoms with E-state index < -0.39 is 293 Å². The van der Waals surface area contributed by atoms with Gasteiger partial charge in [-0.05, 0) is 163 Å². The summed E-state index contributed by atoms with van der Waals surface area (Å²) >= 11 is 16.6. The van der Waals surface area contributed by atoms with Gasteiger partial charge in [0, 0.05) is 46.6 Å². The fraction of sp³-hybridized carbons (Fsp3) is 0.330. The second-order valence-corrected chi connectivity index (χ2v) is 35.0. The zero-order chi connectivity index (χ0) is 96.1. The van der Waals surface area contributed by atoms with Crippen LogP contribution in [0.2, 0.25) is 10.0 Å². The van der Waals surface area contributed by atoms with Gasteiger partial charge in [0.25, 0.3) is 0 Å². The number of rotatable bonds is 15. The average molecular weight is 2020 g/mol. The molecule has 18 rings (SSSR count). The molecule has 44 heteroatoms. The number of carbonyl (C=O) groups excluding carboxylic acids is 8. The van der Waals surface area contributed by atoms with Gasteiger partial charge < -0.3 is 162 Å². The number of aromatic hydroxyl groups is 3. The Kier molecular flexibility index (Phi) is 28.3. The molecule has 0 aliphatic carbocycles. The molecule has 9 aromatic rings. The lowest BCUT2D eigenvalue weighted by atomic mass is 9.90. The molecule has 6 unspecified atom stereocenters. The minimum atomic E-state index is -2.55. The quantitative estimate of drug-likeness (QED) is 0.0650. The number of aliphatic carboxylic acids is 1. The first-order valence-corrected chi connectivity index (χ1v) is 43.9. The molecule has 0 saturated carbocycles. The highest BCUT2D eigenvalue weighted by Gasteiger charge is 2.52. The number of carboxylic acid groups (broad SMARTS) is 1. The van der Waals surface area contributed by atoms with Crippen molar-refractivity contribution in [3.63, 3.8) is 0 Å². The number of carboxylic acids is 1. The van der Waals surface area contributed by atoms with Gasteiger partial charge in [0.2, 0.25) is 65.6 Å². The van der Waals surface area contributed by atoms with E-state index >= 15 is 24.0 Å². The summed E-state index contributed by atoms with van der Waals surface area (Å²) in [6.45, 7) is -2.12. The van der Waals surface area contributed by atoms with Crippen LogP contribution in [0.3, 0.4) is 0 Å². The maximum absolute atomic E-state index is 17.1. The van der Waals surface area contributed by atoms with Gasteiger partial charge in [-0.25, -0.2) is 4.79 Å². The number of phenols is 3. The van der Waals surface area contributed by atoms with Crippen LogP contribution in [0.4, 0.5) is 0 Å². The van der Waals surface area contributed by atoms with E-state index in [-0.39, 0.29) is 66.5 Å². The summed E-state index contributed by atoms with van der Waals surface area (Å²) in [5, 5.41) is 181. The smallest absolute Gasteiger partial charge is 0.330 e. The molecule has 3 saturated heterocycles. The summed E-state index contributed by atoms with van der Waals surface area (Å²) in [5.74, 6) is -18.2. The molecule has 0 aromatic heterocycles. The molecular formula is C91H88Cl2IN9O32. The summed E-state index contributed by atoms with van der Waals surface area (Å²) in [5.41, 5.74) is 4.55. The molecule has 0 spiro atoms. The van der Waals surface area contributed by atoms with E-state index in [1.165, 1.54) is 48.5 Å². The number of amides is 8. The number of ether oxygens (including phenoxy) is 9. The van der Waals surface area contributed by atoms with Gasteiger partial charge >= 0.3 is 5.97 Å². The molecule has 9 heterocycles. The van der Waals surface area contributed by atoms with Gasteiger partial charge in [0.15, 0.2) is 35.3 Å². The third-order valence-electron chi connectivity index (χ3n) is 23.9. The van der Waals surface area contributed by atoms with Gasteiger partial charge in [-0.3, -0.25) is 38.4 Å². The maximum atomic E-state index is 17.1. The van der Waals surface area contributed by atoms with E-state index in [1.807, 2.05) is 42.5 Å². The van der Waals surface area contributed by atoms with Crippen molar-refractivity contribution in [3.05, 3.63) is 216 Å². The van der Waals surface area contributed by atoms with E-state index in [4.69, 9.17) is 71.6 Å². The first kappa shape index (κ1) is 95.7. The fourth-order valence-corrected chi connectivity index (χ4v) is 18.0. The molecule has 3 fully saturated rings. The summed E-state index contributed by atoms with van der Waals surface area (Å²) in [6.07, 6.45) is -29.2. The fourth-order valence-electron chi connectivity index (χ4n) is 16.9. The van der Waals surface area contributed by atoms with E-state index in [0.29, 0.717) is 5.56 Å². The average Bonchev–Trinajstić information content (AvgIpc) is 0.753. The van der Waals surface area contributed by atoms with Gasteiger partial charge in [0.05, 0.1) is 29.9 Å². The number of phenolic OH excluding ortho intramolecular Hbond substituents is 3. The minimum Gasteiger partial charge on any atom is -0.508 e. The normalized spacial score (nSPS) is 28.5. The number of halogens is 3. The van der Waals surface area contributed by atoms with Crippen molar-refractivity contribution in [1.29, 1.82) is 0 Å². The van der Waals surface area contributed by atoms with Crippen molar-refractivity contribution in [1.82, 2.24) is 42.5 Å². The van der Waals surface area contributed by atoms with E-state index in [9.17, 15) is 90.7 Å². The first-order chi connectivity index (χ1) is 64.5. The molecule has 9 aliphatic rings. The van der Waals surface area contributed by atoms with Gasteiger partial charge in [-0.15, -0.1) is 0 Å². The number of aliphatic hydroxyl groups is 10. The third-order valence-corrected chi connectivity index (χ3v) is 25.4. The van der Waals surface area contributed by atoms with Crippen LogP contribution in [0.25, 0.3) is 21.9 Å². The molecule has 0 radical (unpaired) electrons. The van der Waals surface area contributed by atoms with Crippen molar-refractivity contribution in [2.75, 3.05) is 19.8 Å². The maximum Gasteiger partial charge on any atom is 0.330 e. The molecule has 710 valence electrons. The van der Waals surface area contributed by atoms with Gasteiger partial charge in [-0.2, -0.15) is 0 Å². The first-order valence-electron chi connectivity index (χ1n) is 42.0. The summed E-state index contributed by atoms with van der Waals surface area (Å²) in [7, 11) is 0. The topological polar surface area (TPSA) is 642 Å². The number of aryl methyl sites for hydroxylation is 1. The summed E-state index contributed by atoms with van der Waals surface area (Å²) < 4.78 is 58.0. The number of nitrogens with one attached hydrogen (secondary N) is 8. The van der Waals surface area contributed by atoms with Crippen molar-refractivity contribution >= 4 is 110 Å². The Labute approximate surface area is 787 Å². The second kappa shape index (κ2) is 39.9. The lowest BCUT2D eigenvalue weighted by molar-refractivity contribution is -0.284. The molecule has 41 nitrogen and oxygen atoms in total. The van der Waals surface area contributed by atoms with Crippen LogP contribution in [-0.4, -0.2) is 249 Å². The standard InChI is InChI=1S/C91H88Cl2IN9O32/c1-34(107)96-70-76(115)73(112)60(31-104)131-89(70)134-80-41-12-16-55(50(93)24-41)129-59-27-43-26-58(81(59)135-90-71(77(116)74(113)61(32-105)132-90)98-63(111)17-8-35-6-9-37-4-2-3-5-38(37)18-35)128-54-15-7-36(19-49(54)92)20-52-82(119)99-67(42-21-44(108)28-46(22-42)127-56-25-39(11-14-53(56)110)65(95)83(120)97-52)85(122)101-68(43)86(123)100-66-40-10-13-51(94)47(23-40)64-48(69(88(125)126)102-87(124)72(80)103-84(66)121)29-45(109)30-57(64)130-91-79(118)78(117)75(114)62(33-106)133-91/h2-7,9-16,18-19,21-30,52,60-62,65-80,89-91,104-106,108-110,112-118H,8,17,20,31-33,95H2,1H3,(H,96,107)(H,97,120)(H,98,111)(H,99,119)(H,100,123)(H,101,122)(H,102,124)(H,103,121)(H,125,126)/t52-,60?,61?,62?,65-,66-,67+,68-,69+,70+,71?,72+,73-,74-,75-,76?,77-,78-,79?,80-,89+,90+,91+/m1/s1. The molecule has 8 amide bonds. The predicted molar refractivity (Wildman–Crippen MR) is 474 cm³/mol. The number of fused-ring (bicyclic) bond motifs is 15. The Morgan fingerprint density at radius 2 is 1.08 bits per heavy atom. The van der Waals surface area contributed by atoms with Crippen molar-refractivity contribution in [2.45, 2.75) is 167 Å². The van der Waals surface area contributed by atoms with Crippen LogP contribution in [0.1, 0.15) is 94.2 Å². The summed E-state index contributed by atoms with van der Waals surface area (Å²) in [4.78, 5) is 139.